The number of aromatic amines is 2. The molecular formula is C22H22ClN9. The first-order valence-electron chi connectivity index (χ1n) is 10.7. The molecule has 1 aliphatic carbocycles. The first kappa shape index (κ1) is 19.2. The SMILES string of the molecule is Clc1ccc2c(c1)CC(Nc1nccc(-c3ncc(N4CCC(c5cn[nH]n5)C4)[nH]3)n1)C2. The summed E-state index contributed by atoms with van der Waals surface area (Å²) in [6.07, 6.45) is 8.33. The molecule has 10 heteroatoms. The molecule has 162 valence electrons. The fourth-order valence-electron chi connectivity index (χ4n) is 4.66. The quantitative estimate of drug-likeness (QED) is 0.430. The lowest BCUT2D eigenvalue weighted by Gasteiger charge is -2.15. The highest BCUT2D eigenvalue weighted by Crippen LogP contribution is 2.30. The van der Waals surface area contributed by atoms with Crippen molar-refractivity contribution < 1.29 is 0 Å². The van der Waals surface area contributed by atoms with E-state index in [2.05, 4.69) is 46.6 Å². The highest BCUT2D eigenvalue weighted by atomic mass is 35.5. The maximum Gasteiger partial charge on any atom is 0.223 e. The molecule has 9 nitrogen and oxygen atoms in total. The monoisotopic (exact) mass is 447 g/mol. The van der Waals surface area contributed by atoms with Crippen LogP contribution in [-0.4, -0.2) is 54.5 Å². The van der Waals surface area contributed by atoms with Gasteiger partial charge >= 0.3 is 0 Å². The van der Waals surface area contributed by atoms with E-state index < -0.39 is 0 Å². The largest absolute Gasteiger partial charge is 0.356 e. The summed E-state index contributed by atoms with van der Waals surface area (Å²) in [5.41, 5.74) is 4.39. The number of rotatable bonds is 5. The van der Waals surface area contributed by atoms with Crippen LogP contribution in [0, 0.1) is 0 Å². The molecule has 2 unspecified atom stereocenters. The first-order valence-corrected chi connectivity index (χ1v) is 11.1. The van der Waals surface area contributed by atoms with Crippen LogP contribution < -0.4 is 10.2 Å². The van der Waals surface area contributed by atoms with Crippen molar-refractivity contribution in [2.45, 2.75) is 31.2 Å². The van der Waals surface area contributed by atoms with Gasteiger partial charge in [-0.25, -0.2) is 15.0 Å². The minimum atomic E-state index is 0.254. The van der Waals surface area contributed by atoms with Gasteiger partial charge in [0.1, 0.15) is 11.5 Å². The van der Waals surface area contributed by atoms with Crippen LogP contribution >= 0.6 is 11.6 Å². The van der Waals surface area contributed by atoms with Crippen LogP contribution in [0.3, 0.4) is 0 Å². The van der Waals surface area contributed by atoms with Crippen molar-refractivity contribution in [2.24, 2.45) is 0 Å². The number of hydrogen-bond donors (Lipinski definition) is 3. The van der Waals surface area contributed by atoms with Crippen molar-refractivity contribution in [1.29, 1.82) is 0 Å². The van der Waals surface area contributed by atoms with Crippen molar-refractivity contribution >= 4 is 23.4 Å². The molecular weight excluding hydrogens is 426 g/mol. The molecule has 0 saturated carbocycles. The molecule has 6 rings (SSSR count). The Balaban J connectivity index is 1.14. The van der Waals surface area contributed by atoms with Crippen molar-refractivity contribution in [2.75, 3.05) is 23.3 Å². The number of imidazole rings is 1. The Labute approximate surface area is 189 Å². The molecule has 1 aromatic carbocycles. The minimum Gasteiger partial charge on any atom is -0.356 e. The summed E-state index contributed by atoms with van der Waals surface area (Å²) < 4.78 is 0. The number of anilines is 2. The fourth-order valence-corrected chi connectivity index (χ4v) is 4.86. The van der Waals surface area contributed by atoms with Crippen molar-refractivity contribution in [3.63, 3.8) is 0 Å². The van der Waals surface area contributed by atoms with Crippen LogP contribution in [0.25, 0.3) is 11.5 Å². The first-order chi connectivity index (χ1) is 15.7. The van der Waals surface area contributed by atoms with E-state index in [0.29, 0.717) is 11.9 Å². The van der Waals surface area contributed by atoms with Gasteiger partial charge < -0.3 is 15.2 Å². The molecule has 3 aromatic heterocycles. The number of benzene rings is 1. The van der Waals surface area contributed by atoms with Gasteiger partial charge in [-0.2, -0.15) is 15.4 Å². The lowest BCUT2D eigenvalue weighted by Crippen LogP contribution is -2.21. The van der Waals surface area contributed by atoms with Crippen LogP contribution in [0.1, 0.15) is 29.2 Å². The fraction of sp³-hybridized carbons (Fsp3) is 0.318. The number of nitrogens with zero attached hydrogens (tertiary/aromatic N) is 6. The smallest absolute Gasteiger partial charge is 0.223 e. The van der Waals surface area contributed by atoms with Gasteiger partial charge in [0.25, 0.3) is 0 Å². The number of H-pyrrole nitrogens is 2. The maximum atomic E-state index is 6.14. The van der Waals surface area contributed by atoms with Crippen molar-refractivity contribution in [3.05, 3.63) is 64.7 Å². The summed E-state index contributed by atoms with van der Waals surface area (Å²) in [5, 5.41) is 15.1. The Morgan fingerprint density at radius 2 is 2.03 bits per heavy atom. The van der Waals surface area contributed by atoms with E-state index in [1.165, 1.54) is 11.1 Å². The molecule has 2 aliphatic rings. The predicted molar refractivity (Wildman–Crippen MR) is 122 cm³/mol. The summed E-state index contributed by atoms with van der Waals surface area (Å²) in [7, 11) is 0. The molecule has 3 N–H and O–H groups in total. The standard InChI is InChI=1S/C22H22ClN9/c23-16-2-1-13-8-17(9-15(13)7-16)27-22-24-5-3-18(28-22)21-25-11-20(29-21)32-6-4-14(12-32)19-10-26-31-30-19/h1-3,5,7,10-11,14,17H,4,6,8-9,12H2,(H,25,29)(H,24,27,28)(H,26,30,31). The van der Waals surface area contributed by atoms with E-state index in [9.17, 15) is 0 Å². The third-order valence-corrected chi connectivity index (χ3v) is 6.51. The van der Waals surface area contributed by atoms with Gasteiger partial charge in [-0.3, -0.25) is 0 Å². The van der Waals surface area contributed by atoms with E-state index in [0.717, 1.165) is 60.4 Å². The number of aromatic nitrogens is 7. The maximum absolute atomic E-state index is 6.14. The molecule has 0 spiro atoms. The molecule has 1 aliphatic heterocycles. The van der Waals surface area contributed by atoms with Gasteiger partial charge in [-0.05, 0) is 48.6 Å². The third-order valence-electron chi connectivity index (χ3n) is 6.28. The Hall–Kier alpha value is -3.46. The molecule has 2 atom stereocenters. The number of fused-ring (bicyclic) bond motifs is 1. The third kappa shape index (κ3) is 3.69. The second-order valence-electron chi connectivity index (χ2n) is 8.37. The zero-order valence-corrected chi connectivity index (χ0v) is 18.0. The molecule has 4 heterocycles. The van der Waals surface area contributed by atoms with E-state index >= 15 is 0 Å². The summed E-state index contributed by atoms with van der Waals surface area (Å²) >= 11 is 6.14. The highest BCUT2D eigenvalue weighted by molar-refractivity contribution is 6.30. The van der Waals surface area contributed by atoms with Crippen LogP contribution in [-0.2, 0) is 12.8 Å². The second kappa shape index (κ2) is 7.90. The molecule has 0 amide bonds. The summed E-state index contributed by atoms with van der Waals surface area (Å²) in [5.74, 6) is 2.71. The molecule has 1 saturated heterocycles. The predicted octanol–water partition coefficient (Wildman–Crippen LogP) is 3.21. The number of hydrogen-bond acceptors (Lipinski definition) is 7. The van der Waals surface area contributed by atoms with Crippen LogP contribution in [0.5, 0.6) is 0 Å². The second-order valence-corrected chi connectivity index (χ2v) is 8.81. The minimum absolute atomic E-state index is 0.254. The zero-order valence-electron chi connectivity index (χ0n) is 17.3. The van der Waals surface area contributed by atoms with Crippen LogP contribution in [0.2, 0.25) is 5.02 Å². The topological polar surface area (TPSA) is 111 Å². The zero-order chi connectivity index (χ0) is 21.5. The number of halogens is 1. The van der Waals surface area contributed by atoms with Gasteiger partial charge in [0.2, 0.25) is 5.95 Å². The van der Waals surface area contributed by atoms with E-state index in [-0.39, 0.29) is 6.04 Å². The van der Waals surface area contributed by atoms with Gasteiger partial charge in [0.15, 0.2) is 5.82 Å². The lowest BCUT2D eigenvalue weighted by molar-refractivity contribution is 0.736. The van der Waals surface area contributed by atoms with Crippen molar-refractivity contribution in [1.82, 2.24) is 35.3 Å². The molecule has 4 aromatic rings. The summed E-state index contributed by atoms with van der Waals surface area (Å²) in [6.45, 7) is 1.83. The Bertz CT molecular complexity index is 1240. The van der Waals surface area contributed by atoms with Crippen LogP contribution in [0.15, 0.2) is 42.9 Å². The van der Waals surface area contributed by atoms with Gasteiger partial charge in [0.05, 0.1) is 18.1 Å². The Morgan fingerprint density at radius 3 is 2.94 bits per heavy atom. The highest BCUT2D eigenvalue weighted by Gasteiger charge is 2.27. The average Bonchev–Trinajstić information content (AvgIpc) is 3.59. The lowest BCUT2D eigenvalue weighted by atomic mass is 10.1. The molecule has 0 bridgehead atoms. The van der Waals surface area contributed by atoms with E-state index in [4.69, 9.17) is 16.6 Å². The van der Waals surface area contributed by atoms with E-state index in [1.807, 2.05) is 24.4 Å². The van der Waals surface area contributed by atoms with Crippen LogP contribution in [0.4, 0.5) is 11.8 Å². The summed E-state index contributed by atoms with van der Waals surface area (Å²) in [4.78, 5) is 19.4. The summed E-state index contributed by atoms with van der Waals surface area (Å²) in [6, 6.07) is 8.23. The normalized spacial score (nSPS) is 20.0. The Kier molecular flexibility index (Phi) is 4.75. The molecule has 1 fully saturated rings. The van der Waals surface area contributed by atoms with Crippen molar-refractivity contribution in [3.8, 4) is 11.5 Å². The molecule has 0 radical (unpaired) electrons. The molecule has 32 heavy (non-hydrogen) atoms. The average molecular weight is 448 g/mol. The van der Waals surface area contributed by atoms with E-state index in [1.54, 1.807) is 12.4 Å². The Morgan fingerprint density at radius 1 is 1.09 bits per heavy atom. The van der Waals surface area contributed by atoms with Gasteiger partial charge in [-0.15, -0.1) is 0 Å². The van der Waals surface area contributed by atoms with Gasteiger partial charge in [0, 0.05) is 36.3 Å². The van der Waals surface area contributed by atoms with Gasteiger partial charge in [-0.1, -0.05) is 17.7 Å². The number of nitrogens with one attached hydrogen (secondary N) is 3.